The fraction of sp³-hybridized carbons (Fsp3) is 0.333. The van der Waals surface area contributed by atoms with Gasteiger partial charge < -0.3 is 9.64 Å². The van der Waals surface area contributed by atoms with Gasteiger partial charge in [-0.25, -0.2) is 13.5 Å². The third-order valence-electron chi connectivity index (χ3n) is 6.34. The van der Waals surface area contributed by atoms with E-state index in [1.165, 1.54) is 4.90 Å². The van der Waals surface area contributed by atoms with Gasteiger partial charge in [0.1, 0.15) is 12.4 Å². The SMILES string of the molecule is Cc1c(Cc2ccc(-n3cccn3)cc2)cc2c(c1C)OC[C@H]1CC(F)(F)CN1C2=O. The Kier molecular flexibility index (Phi) is 4.57. The average molecular weight is 423 g/mol. The fourth-order valence-electron chi connectivity index (χ4n) is 4.52. The van der Waals surface area contributed by atoms with Gasteiger partial charge in [-0.1, -0.05) is 12.1 Å². The molecule has 0 spiro atoms. The highest BCUT2D eigenvalue weighted by Crippen LogP contribution is 2.39. The number of carbonyl (C=O) groups is 1. The van der Waals surface area contributed by atoms with E-state index in [2.05, 4.69) is 5.10 Å². The Morgan fingerprint density at radius 1 is 1.19 bits per heavy atom. The van der Waals surface area contributed by atoms with Crippen LogP contribution in [0.2, 0.25) is 0 Å². The molecule has 3 heterocycles. The number of alkyl halides is 2. The van der Waals surface area contributed by atoms with E-state index in [1.54, 1.807) is 10.9 Å². The quantitative estimate of drug-likeness (QED) is 0.630. The molecule has 3 aromatic rings. The molecule has 2 aliphatic rings. The van der Waals surface area contributed by atoms with E-state index in [-0.39, 0.29) is 18.9 Å². The minimum Gasteiger partial charge on any atom is -0.490 e. The van der Waals surface area contributed by atoms with Crippen molar-refractivity contribution in [3.63, 3.8) is 0 Å². The molecule has 7 heteroatoms. The minimum atomic E-state index is -2.86. The van der Waals surface area contributed by atoms with Crippen molar-refractivity contribution in [2.45, 2.75) is 38.7 Å². The summed E-state index contributed by atoms with van der Waals surface area (Å²) >= 11 is 0. The molecule has 0 saturated carbocycles. The summed E-state index contributed by atoms with van der Waals surface area (Å²) < 4.78 is 35.5. The Bertz CT molecular complexity index is 1140. The molecule has 1 saturated heterocycles. The summed E-state index contributed by atoms with van der Waals surface area (Å²) in [6.45, 7) is 3.49. The molecule has 0 N–H and O–H groups in total. The molecule has 0 radical (unpaired) electrons. The summed E-state index contributed by atoms with van der Waals surface area (Å²) in [5.41, 5.74) is 5.37. The predicted molar refractivity (Wildman–Crippen MR) is 112 cm³/mol. The summed E-state index contributed by atoms with van der Waals surface area (Å²) in [7, 11) is 0. The van der Waals surface area contributed by atoms with Gasteiger partial charge in [-0.3, -0.25) is 4.79 Å². The second-order valence-electron chi connectivity index (χ2n) is 8.41. The van der Waals surface area contributed by atoms with Gasteiger partial charge in [-0.05, 0) is 66.8 Å². The van der Waals surface area contributed by atoms with Crippen molar-refractivity contribution < 1.29 is 18.3 Å². The molecule has 0 unspecified atom stereocenters. The van der Waals surface area contributed by atoms with Crippen LogP contribution in [0.5, 0.6) is 5.75 Å². The molecule has 5 rings (SSSR count). The topological polar surface area (TPSA) is 47.4 Å². The zero-order valence-electron chi connectivity index (χ0n) is 17.4. The summed E-state index contributed by atoms with van der Waals surface area (Å²) in [5.74, 6) is -2.70. The second kappa shape index (κ2) is 7.18. The Labute approximate surface area is 179 Å². The first-order valence-corrected chi connectivity index (χ1v) is 10.4. The predicted octanol–water partition coefficient (Wildman–Crippen LogP) is 4.32. The molecule has 160 valence electrons. The molecular formula is C24H23F2N3O2. The van der Waals surface area contributed by atoms with Gasteiger partial charge >= 0.3 is 0 Å². The number of amides is 1. The van der Waals surface area contributed by atoms with Crippen molar-refractivity contribution in [1.29, 1.82) is 0 Å². The standard InChI is InChI=1S/C24H23F2N3O2/c1-15-16(2)22-21(23(30)28-14-24(25,26)12-20(28)13-31-22)11-18(15)10-17-4-6-19(7-5-17)29-9-3-8-27-29/h3-9,11,20H,10,12-14H2,1-2H3/t20-/m1/s1. The Balaban J connectivity index is 1.47. The van der Waals surface area contributed by atoms with Gasteiger partial charge in [-0.15, -0.1) is 0 Å². The normalized spacial score (nSPS) is 19.5. The van der Waals surface area contributed by atoms with Crippen molar-refractivity contribution in [2.75, 3.05) is 13.2 Å². The van der Waals surface area contributed by atoms with Crippen LogP contribution in [0, 0.1) is 13.8 Å². The first-order chi connectivity index (χ1) is 14.8. The number of carbonyl (C=O) groups excluding carboxylic acids is 1. The molecule has 0 aliphatic carbocycles. The maximum atomic E-state index is 13.9. The van der Waals surface area contributed by atoms with E-state index >= 15 is 0 Å². The van der Waals surface area contributed by atoms with Crippen LogP contribution >= 0.6 is 0 Å². The van der Waals surface area contributed by atoms with Gasteiger partial charge in [0.2, 0.25) is 0 Å². The Morgan fingerprint density at radius 2 is 1.97 bits per heavy atom. The number of hydrogen-bond donors (Lipinski definition) is 0. The van der Waals surface area contributed by atoms with Gasteiger partial charge in [0.25, 0.3) is 11.8 Å². The lowest BCUT2D eigenvalue weighted by Crippen LogP contribution is -2.37. The highest BCUT2D eigenvalue weighted by Gasteiger charge is 2.49. The largest absolute Gasteiger partial charge is 0.490 e. The van der Waals surface area contributed by atoms with Crippen LogP contribution in [-0.4, -0.2) is 45.7 Å². The van der Waals surface area contributed by atoms with Gasteiger partial charge in [-0.2, -0.15) is 5.10 Å². The van der Waals surface area contributed by atoms with Gasteiger partial charge in [0.15, 0.2) is 0 Å². The van der Waals surface area contributed by atoms with Crippen LogP contribution in [0.15, 0.2) is 48.8 Å². The van der Waals surface area contributed by atoms with Crippen molar-refractivity contribution in [2.24, 2.45) is 0 Å². The Morgan fingerprint density at radius 3 is 2.68 bits per heavy atom. The first-order valence-electron chi connectivity index (χ1n) is 10.4. The summed E-state index contributed by atoms with van der Waals surface area (Å²) in [5, 5.41) is 4.24. The van der Waals surface area contributed by atoms with Gasteiger partial charge in [0, 0.05) is 18.8 Å². The molecule has 2 aliphatic heterocycles. The molecule has 1 amide bonds. The molecule has 2 aromatic carbocycles. The second-order valence-corrected chi connectivity index (χ2v) is 8.41. The number of fused-ring (bicyclic) bond motifs is 2. The third kappa shape index (κ3) is 3.48. The lowest BCUT2D eigenvalue weighted by Gasteiger charge is -2.20. The zero-order valence-corrected chi connectivity index (χ0v) is 17.4. The smallest absolute Gasteiger partial charge is 0.267 e. The van der Waals surface area contributed by atoms with Crippen LogP contribution in [0.3, 0.4) is 0 Å². The third-order valence-corrected chi connectivity index (χ3v) is 6.34. The van der Waals surface area contributed by atoms with E-state index in [9.17, 15) is 13.6 Å². The molecule has 1 atom stereocenters. The van der Waals surface area contributed by atoms with E-state index < -0.39 is 18.5 Å². The summed E-state index contributed by atoms with van der Waals surface area (Å²) in [6, 6.07) is 11.2. The van der Waals surface area contributed by atoms with E-state index in [4.69, 9.17) is 4.74 Å². The van der Waals surface area contributed by atoms with Crippen LogP contribution < -0.4 is 4.74 Å². The van der Waals surface area contributed by atoms with Crippen LogP contribution in [0.1, 0.15) is 39.0 Å². The van der Waals surface area contributed by atoms with Crippen molar-refractivity contribution in [3.05, 3.63) is 76.6 Å². The molecule has 31 heavy (non-hydrogen) atoms. The van der Waals surface area contributed by atoms with Gasteiger partial charge in [0.05, 0.1) is 23.8 Å². The lowest BCUT2D eigenvalue weighted by atomic mass is 9.93. The molecular weight excluding hydrogens is 400 g/mol. The highest BCUT2D eigenvalue weighted by molar-refractivity contribution is 5.98. The monoisotopic (exact) mass is 423 g/mol. The number of rotatable bonds is 3. The maximum Gasteiger partial charge on any atom is 0.267 e. The molecule has 0 bridgehead atoms. The zero-order chi connectivity index (χ0) is 21.8. The fourth-order valence-corrected chi connectivity index (χ4v) is 4.52. The molecule has 5 nitrogen and oxygen atoms in total. The first kappa shape index (κ1) is 19.7. The molecule has 1 aromatic heterocycles. The van der Waals surface area contributed by atoms with Crippen LogP contribution in [0.25, 0.3) is 5.69 Å². The maximum absolute atomic E-state index is 13.9. The number of ether oxygens (including phenoxy) is 1. The van der Waals surface area contributed by atoms with Crippen molar-refractivity contribution in [1.82, 2.24) is 14.7 Å². The van der Waals surface area contributed by atoms with E-state index in [1.807, 2.05) is 56.4 Å². The lowest BCUT2D eigenvalue weighted by molar-refractivity contribution is 0.0113. The number of hydrogen-bond acceptors (Lipinski definition) is 3. The number of nitrogens with zero attached hydrogens (tertiary/aromatic N) is 3. The Hall–Kier alpha value is -3.22. The summed E-state index contributed by atoms with van der Waals surface area (Å²) in [6.07, 6.45) is 3.90. The van der Waals surface area contributed by atoms with E-state index in [0.717, 1.165) is 27.9 Å². The van der Waals surface area contributed by atoms with Crippen molar-refractivity contribution in [3.8, 4) is 11.4 Å². The van der Waals surface area contributed by atoms with Crippen LogP contribution in [0.4, 0.5) is 8.78 Å². The number of aromatic nitrogens is 2. The van der Waals surface area contributed by atoms with Crippen molar-refractivity contribution >= 4 is 5.91 Å². The average Bonchev–Trinajstić information content (AvgIpc) is 3.36. The highest BCUT2D eigenvalue weighted by atomic mass is 19.3. The van der Waals surface area contributed by atoms with E-state index in [0.29, 0.717) is 17.7 Å². The minimum absolute atomic E-state index is 0.100. The summed E-state index contributed by atoms with van der Waals surface area (Å²) in [4.78, 5) is 14.4. The van der Waals surface area contributed by atoms with Crippen LogP contribution in [-0.2, 0) is 6.42 Å². The number of halogens is 2. The molecule has 1 fully saturated rings. The number of benzene rings is 2.